The summed E-state index contributed by atoms with van der Waals surface area (Å²) < 4.78 is 0. The van der Waals surface area contributed by atoms with Crippen LogP contribution in [0, 0.1) is 0 Å². The molecule has 1 amide bonds. The molecule has 5 heteroatoms. The smallest absolute Gasteiger partial charge is 0.273 e. The van der Waals surface area contributed by atoms with E-state index in [-0.39, 0.29) is 11.9 Å². The van der Waals surface area contributed by atoms with Crippen LogP contribution in [0.25, 0.3) is 0 Å². The Morgan fingerprint density at radius 1 is 1.03 bits per heavy atom. The fourth-order valence-electron chi connectivity index (χ4n) is 3.70. The lowest BCUT2D eigenvalue weighted by molar-refractivity contribution is 0.0684. The standard InChI is InChI=1S/C24H26N4O/c1-18(2)28(16-19-8-4-3-5-9-19)23(29)22-12-14-25-24(26-22)27-15-13-20-10-6-7-11-21(20)17-27/h3-12,14,18H,13,15-17H2,1-2H3. The van der Waals surface area contributed by atoms with Crippen LogP contribution in [0.2, 0.25) is 0 Å². The Bertz CT molecular complexity index is 987. The molecule has 0 radical (unpaired) electrons. The van der Waals surface area contributed by atoms with Crippen molar-refractivity contribution < 1.29 is 4.79 Å². The van der Waals surface area contributed by atoms with E-state index in [1.165, 1.54) is 11.1 Å². The van der Waals surface area contributed by atoms with Crippen LogP contribution in [0.1, 0.15) is 41.0 Å². The van der Waals surface area contributed by atoms with E-state index in [0.29, 0.717) is 18.2 Å². The Morgan fingerprint density at radius 2 is 1.76 bits per heavy atom. The normalized spacial score (nSPS) is 13.3. The highest BCUT2D eigenvalue weighted by atomic mass is 16.2. The van der Waals surface area contributed by atoms with Crippen LogP contribution in [0.4, 0.5) is 5.95 Å². The number of fused-ring (bicyclic) bond motifs is 1. The molecular weight excluding hydrogens is 360 g/mol. The zero-order valence-corrected chi connectivity index (χ0v) is 17.0. The van der Waals surface area contributed by atoms with E-state index in [2.05, 4.69) is 39.1 Å². The third-order valence-corrected chi connectivity index (χ3v) is 5.36. The first-order valence-electron chi connectivity index (χ1n) is 10.1. The molecule has 1 aliphatic rings. The average molecular weight is 386 g/mol. The summed E-state index contributed by atoms with van der Waals surface area (Å²) in [5.74, 6) is 0.554. The van der Waals surface area contributed by atoms with Crippen molar-refractivity contribution in [2.45, 2.75) is 39.4 Å². The molecule has 29 heavy (non-hydrogen) atoms. The molecular formula is C24H26N4O. The lowest BCUT2D eigenvalue weighted by atomic mass is 10.0. The molecule has 3 aromatic rings. The predicted molar refractivity (Wildman–Crippen MR) is 115 cm³/mol. The molecule has 0 fully saturated rings. The summed E-state index contributed by atoms with van der Waals surface area (Å²) >= 11 is 0. The summed E-state index contributed by atoms with van der Waals surface area (Å²) in [6.45, 7) is 6.25. The van der Waals surface area contributed by atoms with Crippen LogP contribution in [-0.2, 0) is 19.5 Å². The van der Waals surface area contributed by atoms with Gasteiger partial charge in [0.25, 0.3) is 5.91 Å². The van der Waals surface area contributed by atoms with Gasteiger partial charge in [-0.25, -0.2) is 9.97 Å². The topological polar surface area (TPSA) is 49.3 Å². The van der Waals surface area contributed by atoms with Crippen LogP contribution in [0.5, 0.6) is 0 Å². The Hall–Kier alpha value is -3.21. The van der Waals surface area contributed by atoms with E-state index in [1.807, 2.05) is 49.1 Å². The number of benzene rings is 2. The fourth-order valence-corrected chi connectivity index (χ4v) is 3.70. The Kier molecular flexibility index (Phi) is 5.56. The van der Waals surface area contributed by atoms with Gasteiger partial charge in [-0.3, -0.25) is 4.79 Å². The lowest BCUT2D eigenvalue weighted by Gasteiger charge is -2.30. The second kappa shape index (κ2) is 8.43. The van der Waals surface area contributed by atoms with Gasteiger partial charge in [0.1, 0.15) is 5.69 Å². The molecule has 0 saturated carbocycles. The van der Waals surface area contributed by atoms with Crippen LogP contribution >= 0.6 is 0 Å². The number of rotatable bonds is 5. The van der Waals surface area contributed by atoms with Crippen molar-refractivity contribution in [3.63, 3.8) is 0 Å². The van der Waals surface area contributed by atoms with Gasteiger partial charge in [0.05, 0.1) is 0 Å². The second-order valence-electron chi connectivity index (χ2n) is 7.69. The summed E-state index contributed by atoms with van der Waals surface area (Å²) in [6, 6.07) is 20.3. The van der Waals surface area contributed by atoms with Gasteiger partial charge >= 0.3 is 0 Å². The monoisotopic (exact) mass is 386 g/mol. The average Bonchev–Trinajstić information content (AvgIpc) is 2.77. The molecule has 0 N–H and O–H groups in total. The molecule has 5 nitrogen and oxygen atoms in total. The molecule has 0 saturated heterocycles. The van der Waals surface area contributed by atoms with E-state index < -0.39 is 0 Å². The molecule has 0 spiro atoms. The van der Waals surface area contributed by atoms with E-state index in [1.54, 1.807) is 12.3 Å². The fraction of sp³-hybridized carbons (Fsp3) is 0.292. The van der Waals surface area contributed by atoms with E-state index >= 15 is 0 Å². The molecule has 0 bridgehead atoms. The first-order chi connectivity index (χ1) is 14.1. The van der Waals surface area contributed by atoms with Gasteiger partial charge in [-0.1, -0.05) is 54.6 Å². The van der Waals surface area contributed by atoms with Crippen LogP contribution < -0.4 is 4.90 Å². The minimum atomic E-state index is -0.0649. The minimum absolute atomic E-state index is 0.0649. The highest BCUT2D eigenvalue weighted by Crippen LogP contribution is 2.22. The number of carbonyl (C=O) groups excluding carboxylic acids is 1. The predicted octanol–water partition coefficient (Wildman–Crippen LogP) is 4.09. The Morgan fingerprint density at radius 3 is 2.52 bits per heavy atom. The number of aromatic nitrogens is 2. The summed E-state index contributed by atoms with van der Waals surface area (Å²) in [5, 5.41) is 0. The number of carbonyl (C=O) groups is 1. The molecule has 1 aliphatic heterocycles. The van der Waals surface area contributed by atoms with E-state index in [0.717, 1.165) is 25.1 Å². The second-order valence-corrected chi connectivity index (χ2v) is 7.69. The maximum absolute atomic E-state index is 13.2. The van der Waals surface area contributed by atoms with Crippen molar-refractivity contribution in [3.8, 4) is 0 Å². The number of amides is 1. The van der Waals surface area contributed by atoms with Gasteiger partial charge in [-0.15, -0.1) is 0 Å². The molecule has 148 valence electrons. The zero-order chi connectivity index (χ0) is 20.2. The largest absolute Gasteiger partial charge is 0.336 e. The molecule has 1 aromatic heterocycles. The summed E-state index contributed by atoms with van der Waals surface area (Å²) in [5.41, 5.74) is 4.23. The molecule has 2 aromatic carbocycles. The SMILES string of the molecule is CC(C)N(Cc1ccccc1)C(=O)c1ccnc(N2CCc3ccccc3C2)n1. The van der Waals surface area contributed by atoms with Gasteiger partial charge in [-0.2, -0.15) is 0 Å². The first-order valence-corrected chi connectivity index (χ1v) is 10.1. The third kappa shape index (κ3) is 4.29. The van der Waals surface area contributed by atoms with Gasteiger partial charge < -0.3 is 9.80 Å². The number of nitrogens with zero attached hydrogens (tertiary/aromatic N) is 4. The summed E-state index contributed by atoms with van der Waals surface area (Å²) in [7, 11) is 0. The van der Waals surface area contributed by atoms with Gasteiger partial charge in [0.2, 0.25) is 5.95 Å². The van der Waals surface area contributed by atoms with Gasteiger partial charge in [0, 0.05) is 31.9 Å². The van der Waals surface area contributed by atoms with Crippen molar-refractivity contribution >= 4 is 11.9 Å². The molecule has 0 aliphatic carbocycles. The Balaban J connectivity index is 1.55. The third-order valence-electron chi connectivity index (χ3n) is 5.36. The molecule has 2 heterocycles. The van der Waals surface area contributed by atoms with Gasteiger partial charge in [-0.05, 0) is 43.0 Å². The van der Waals surface area contributed by atoms with Crippen molar-refractivity contribution in [1.29, 1.82) is 0 Å². The minimum Gasteiger partial charge on any atom is -0.336 e. The van der Waals surface area contributed by atoms with Crippen molar-refractivity contribution in [1.82, 2.24) is 14.9 Å². The maximum atomic E-state index is 13.2. The maximum Gasteiger partial charge on any atom is 0.273 e. The van der Waals surface area contributed by atoms with Crippen LogP contribution in [-0.4, -0.2) is 33.4 Å². The highest BCUT2D eigenvalue weighted by molar-refractivity contribution is 5.92. The molecule has 0 unspecified atom stereocenters. The number of anilines is 1. The quantitative estimate of drug-likeness (QED) is 0.663. The lowest BCUT2D eigenvalue weighted by Crippen LogP contribution is -2.37. The number of hydrogen-bond donors (Lipinski definition) is 0. The van der Waals surface area contributed by atoms with E-state index in [9.17, 15) is 4.79 Å². The molecule has 4 rings (SSSR count). The summed E-state index contributed by atoms with van der Waals surface area (Å²) in [4.78, 5) is 26.3. The van der Waals surface area contributed by atoms with E-state index in [4.69, 9.17) is 0 Å². The number of hydrogen-bond acceptors (Lipinski definition) is 4. The van der Waals surface area contributed by atoms with Crippen molar-refractivity contribution in [3.05, 3.63) is 89.2 Å². The van der Waals surface area contributed by atoms with Crippen LogP contribution in [0.3, 0.4) is 0 Å². The Labute approximate surface area is 172 Å². The highest BCUT2D eigenvalue weighted by Gasteiger charge is 2.23. The zero-order valence-electron chi connectivity index (χ0n) is 17.0. The summed E-state index contributed by atoms with van der Waals surface area (Å²) in [6.07, 6.45) is 2.65. The van der Waals surface area contributed by atoms with Crippen molar-refractivity contribution in [2.24, 2.45) is 0 Å². The molecule has 0 atom stereocenters. The van der Waals surface area contributed by atoms with Crippen molar-refractivity contribution in [2.75, 3.05) is 11.4 Å². The van der Waals surface area contributed by atoms with Crippen LogP contribution in [0.15, 0.2) is 66.9 Å². The first kappa shape index (κ1) is 19.1. The van der Waals surface area contributed by atoms with Gasteiger partial charge in [0.15, 0.2) is 0 Å².